The largest absolute Gasteiger partial charge is 0.206 e. The minimum Gasteiger partial charge on any atom is -0.206 e. The van der Waals surface area contributed by atoms with E-state index in [0.29, 0.717) is 5.56 Å². The van der Waals surface area contributed by atoms with E-state index in [1.165, 1.54) is 12.1 Å². The molecule has 0 aliphatic carbocycles. The smallest absolute Gasteiger partial charge is 0.142 e. The summed E-state index contributed by atoms with van der Waals surface area (Å²) >= 11 is 0. The first-order valence-corrected chi connectivity index (χ1v) is 5.59. The fraction of sp³-hybridized carbons (Fsp3) is 0.429. The molecule has 1 aromatic carbocycles. The quantitative estimate of drug-likeness (QED) is 0.532. The second-order valence-electron chi connectivity index (χ2n) is 3.77. The fourth-order valence-corrected chi connectivity index (χ4v) is 1.59. The molecule has 0 saturated carbocycles. The van der Waals surface area contributed by atoms with Gasteiger partial charge >= 0.3 is 0 Å². The van der Waals surface area contributed by atoms with Gasteiger partial charge in [-0.25, -0.2) is 8.78 Å². The van der Waals surface area contributed by atoms with Crippen LogP contribution in [0.4, 0.5) is 8.78 Å². The molecule has 86 valence electrons. The molecule has 0 saturated heterocycles. The molecular formula is C14H16F2. The lowest BCUT2D eigenvalue weighted by molar-refractivity contribution is 0.572. The van der Waals surface area contributed by atoms with Crippen LogP contribution in [0.25, 0.3) is 0 Å². The third-order valence-corrected chi connectivity index (χ3v) is 2.42. The lowest BCUT2D eigenvalue weighted by Gasteiger charge is -2.03. The fourth-order valence-electron chi connectivity index (χ4n) is 1.59. The molecule has 0 spiro atoms. The van der Waals surface area contributed by atoms with Crippen LogP contribution in [0.2, 0.25) is 0 Å². The highest BCUT2D eigenvalue weighted by Crippen LogP contribution is 2.16. The van der Waals surface area contributed by atoms with Crippen molar-refractivity contribution in [1.29, 1.82) is 0 Å². The number of rotatable bonds is 4. The Morgan fingerprint density at radius 3 is 2.25 bits per heavy atom. The standard InChI is InChI=1S/C14H16F2/c1-3-5-6-8-11-9-13(15)12(7-4-2)14(16)10-11/h9-10H,3,5-6,8H2,1-2H3. The van der Waals surface area contributed by atoms with Crippen LogP contribution in [0, 0.1) is 23.5 Å². The van der Waals surface area contributed by atoms with Gasteiger partial charge in [-0.05, 0) is 37.5 Å². The van der Waals surface area contributed by atoms with Gasteiger partial charge in [0.25, 0.3) is 0 Å². The van der Waals surface area contributed by atoms with Gasteiger partial charge in [0.05, 0.1) is 5.56 Å². The minimum atomic E-state index is -0.555. The van der Waals surface area contributed by atoms with Gasteiger partial charge in [-0.3, -0.25) is 0 Å². The van der Waals surface area contributed by atoms with Crippen LogP contribution >= 0.6 is 0 Å². The van der Waals surface area contributed by atoms with Crippen LogP contribution in [0.15, 0.2) is 12.1 Å². The molecule has 0 fully saturated rings. The van der Waals surface area contributed by atoms with E-state index in [0.717, 1.165) is 25.7 Å². The summed E-state index contributed by atoms with van der Waals surface area (Å²) in [4.78, 5) is 0. The maximum absolute atomic E-state index is 13.5. The first kappa shape index (κ1) is 12.7. The van der Waals surface area contributed by atoms with E-state index in [2.05, 4.69) is 18.8 Å². The van der Waals surface area contributed by atoms with E-state index < -0.39 is 11.6 Å². The predicted molar refractivity (Wildman–Crippen MR) is 62.1 cm³/mol. The van der Waals surface area contributed by atoms with Crippen molar-refractivity contribution in [1.82, 2.24) is 0 Å². The molecule has 2 heteroatoms. The molecule has 16 heavy (non-hydrogen) atoms. The molecule has 0 aliphatic heterocycles. The Kier molecular flexibility index (Phi) is 4.98. The van der Waals surface area contributed by atoms with Crippen molar-refractivity contribution >= 4 is 0 Å². The van der Waals surface area contributed by atoms with Crippen LogP contribution in [0.5, 0.6) is 0 Å². The third kappa shape index (κ3) is 3.34. The number of hydrogen-bond donors (Lipinski definition) is 0. The molecule has 0 atom stereocenters. The van der Waals surface area contributed by atoms with E-state index >= 15 is 0 Å². The lowest BCUT2D eigenvalue weighted by atomic mass is 10.0. The second-order valence-corrected chi connectivity index (χ2v) is 3.77. The van der Waals surface area contributed by atoms with Crippen LogP contribution in [-0.2, 0) is 6.42 Å². The number of hydrogen-bond acceptors (Lipinski definition) is 0. The zero-order valence-corrected chi connectivity index (χ0v) is 9.74. The van der Waals surface area contributed by atoms with Crippen molar-refractivity contribution in [3.8, 4) is 11.8 Å². The Balaban J connectivity index is 2.86. The molecule has 0 nitrogen and oxygen atoms in total. The normalized spacial score (nSPS) is 9.75. The first-order valence-electron chi connectivity index (χ1n) is 5.59. The molecule has 0 amide bonds. The molecule has 1 rings (SSSR count). The SMILES string of the molecule is CC#Cc1c(F)cc(CCCCC)cc1F. The highest BCUT2D eigenvalue weighted by molar-refractivity contribution is 5.38. The summed E-state index contributed by atoms with van der Waals surface area (Å²) in [6, 6.07) is 2.77. The summed E-state index contributed by atoms with van der Waals surface area (Å²) in [5.41, 5.74) is 0.590. The zero-order valence-electron chi connectivity index (χ0n) is 9.74. The van der Waals surface area contributed by atoms with Crippen molar-refractivity contribution < 1.29 is 8.78 Å². The molecule has 0 aliphatic rings. The average molecular weight is 222 g/mol. The minimum absolute atomic E-state index is 0.123. The molecule has 0 bridgehead atoms. The summed E-state index contributed by atoms with van der Waals surface area (Å²) in [5.74, 6) is 3.84. The summed E-state index contributed by atoms with van der Waals surface area (Å²) in [6.45, 7) is 3.66. The van der Waals surface area contributed by atoms with Crippen molar-refractivity contribution in [3.63, 3.8) is 0 Å². The topological polar surface area (TPSA) is 0 Å². The van der Waals surface area contributed by atoms with Crippen molar-refractivity contribution in [2.24, 2.45) is 0 Å². The average Bonchev–Trinajstić information content (AvgIpc) is 2.24. The van der Waals surface area contributed by atoms with Gasteiger partial charge in [-0.2, -0.15) is 0 Å². The Morgan fingerprint density at radius 1 is 1.12 bits per heavy atom. The highest BCUT2D eigenvalue weighted by atomic mass is 19.1. The van der Waals surface area contributed by atoms with Crippen molar-refractivity contribution in [3.05, 3.63) is 34.9 Å². The van der Waals surface area contributed by atoms with Gasteiger partial charge in [0.2, 0.25) is 0 Å². The molecule has 0 unspecified atom stereocenters. The zero-order chi connectivity index (χ0) is 12.0. The second kappa shape index (κ2) is 6.27. The van der Waals surface area contributed by atoms with Gasteiger partial charge in [0.1, 0.15) is 11.6 Å². The highest BCUT2D eigenvalue weighted by Gasteiger charge is 2.08. The van der Waals surface area contributed by atoms with Gasteiger partial charge in [0.15, 0.2) is 0 Å². The summed E-state index contributed by atoms with van der Waals surface area (Å²) in [5, 5.41) is 0. The van der Waals surface area contributed by atoms with Gasteiger partial charge in [-0.1, -0.05) is 25.7 Å². The first-order chi connectivity index (χ1) is 7.69. The molecule has 0 N–H and O–H groups in total. The predicted octanol–water partition coefficient (Wildman–Crippen LogP) is 4.07. The molecule has 0 aromatic heterocycles. The number of aryl methyl sites for hydroxylation is 1. The van der Waals surface area contributed by atoms with Crippen molar-refractivity contribution in [2.45, 2.75) is 39.5 Å². The van der Waals surface area contributed by atoms with E-state index in [4.69, 9.17) is 0 Å². The van der Waals surface area contributed by atoms with Crippen LogP contribution < -0.4 is 0 Å². The molecule has 1 aromatic rings. The van der Waals surface area contributed by atoms with Crippen LogP contribution in [0.1, 0.15) is 44.2 Å². The Labute approximate surface area is 95.7 Å². The lowest BCUT2D eigenvalue weighted by Crippen LogP contribution is -1.95. The summed E-state index contributed by atoms with van der Waals surface area (Å²) < 4.78 is 26.9. The Hall–Kier alpha value is -1.36. The summed E-state index contributed by atoms with van der Waals surface area (Å²) in [6.07, 6.45) is 3.87. The third-order valence-electron chi connectivity index (χ3n) is 2.42. The number of halogens is 2. The van der Waals surface area contributed by atoms with Gasteiger partial charge in [-0.15, -0.1) is 5.92 Å². The van der Waals surface area contributed by atoms with Crippen molar-refractivity contribution in [2.75, 3.05) is 0 Å². The van der Waals surface area contributed by atoms with E-state index in [-0.39, 0.29) is 5.56 Å². The maximum Gasteiger partial charge on any atom is 0.142 e. The van der Waals surface area contributed by atoms with Crippen LogP contribution in [0.3, 0.4) is 0 Å². The van der Waals surface area contributed by atoms with Gasteiger partial charge < -0.3 is 0 Å². The monoisotopic (exact) mass is 222 g/mol. The number of unbranched alkanes of at least 4 members (excludes halogenated alkanes) is 2. The van der Waals surface area contributed by atoms with Gasteiger partial charge in [0, 0.05) is 0 Å². The Morgan fingerprint density at radius 2 is 1.75 bits per heavy atom. The van der Waals surface area contributed by atoms with E-state index in [1.807, 2.05) is 0 Å². The number of benzene rings is 1. The summed E-state index contributed by atoms with van der Waals surface area (Å²) in [7, 11) is 0. The van der Waals surface area contributed by atoms with E-state index in [9.17, 15) is 8.78 Å². The Bertz CT molecular complexity index is 387. The maximum atomic E-state index is 13.5. The molecular weight excluding hydrogens is 206 g/mol. The van der Waals surface area contributed by atoms with Crippen LogP contribution in [-0.4, -0.2) is 0 Å². The molecule has 0 heterocycles. The molecule has 0 radical (unpaired) electrons. The van der Waals surface area contributed by atoms with E-state index in [1.54, 1.807) is 6.92 Å².